The first kappa shape index (κ1) is 11.2. The monoisotopic (exact) mass is 270 g/mol. The van der Waals surface area contributed by atoms with Crippen molar-refractivity contribution in [1.29, 1.82) is 0 Å². The summed E-state index contributed by atoms with van der Waals surface area (Å²) in [6, 6.07) is 3.43. The minimum Gasteiger partial charge on any atom is -0.207 e. The van der Waals surface area contributed by atoms with E-state index in [0.717, 1.165) is 6.07 Å². The zero-order valence-electron chi connectivity index (χ0n) is 5.78. The molecule has 1 aromatic carbocycles. The van der Waals surface area contributed by atoms with Crippen molar-refractivity contribution in [2.45, 2.75) is 5.33 Å². The normalized spacial score (nSPS) is 9.00. The Labute approximate surface area is 84.9 Å². The van der Waals surface area contributed by atoms with Crippen LogP contribution in [0.2, 0.25) is 0 Å². The third kappa shape index (κ3) is 3.39. The Morgan fingerprint density at radius 3 is 1.91 bits per heavy atom. The molecule has 0 aliphatic heterocycles. The van der Waals surface area contributed by atoms with E-state index in [1.807, 2.05) is 0 Å². The molecule has 0 atom stereocenters. The van der Waals surface area contributed by atoms with E-state index >= 15 is 0 Å². The van der Waals surface area contributed by atoms with E-state index in [2.05, 4.69) is 15.9 Å². The molecule has 0 amide bonds. The van der Waals surface area contributed by atoms with Gasteiger partial charge in [-0.2, -0.15) is 0 Å². The van der Waals surface area contributed by atoms with Crippen molar-refractivity contribution >= 4 is 15.9 Å². The minimum absolute atomic E-state index is 0. The minimum atomic E-state index is -0.533. The molecule has 0 aliphatic carbocycles. The van der Waals surface area contributed by atoms with Gasteiger partial charge in [0.05, 0.1) is 0 Å². The molecule has 0 saturated heterocycles. The molecule has 0 radical (unpaired) electrons. The van der Waals surface area contributed by atoms with Crippen molar-refractivity contribution in [3.63, 3.8) is 0 Å². The van der Waals surface area contributed by atoms with E-state index in [1.165, 1.54) is 12.1 Å². The molecule has 56 valence electrons. The van der Waals surface area contributed by atoms with E-state index in [9.17, 15) is 8.78 Å². The average Bonchev–Trinajstić information content (AvgIpc) is 1.85. The summed E-state index contributed by atoms with van der Waals surface area (Å²) in [5.41, 5.74) is 0.609. The van der Waals surface area contributed by atoms with Gasteiger partial charge in [0.15, 0.2) is 0 Å². The van der Waals surface area contributed by atoms with Gasteiger partial charge in [-0.25, -0.2) is 8.78 Å². The molecule has 0 saturated carbocycles. The molecule has 0 N–H and O–H groups in total. The standard InChI is InChI=1S/C7H5BrF2.Zn/c8-4-5-1-6(9)3-7(10)2-5;/h1-3H,4H2;. The molecule has 0 heterocycles. The summed E-state index contributed by atoms with van der Waals surface area (Å²) in [5.74, 6) is -1.07. The molecule has 0 unspecified atom stereocenters. The Morgan fingerprint density at radius 1 is 1.09 bits per heavy atom. The van der Waals surface area contributed by atoms with E-state index in [-0.39, 0.29) is 19.5 Å². The Morgan fingerprint density at radius 2 is 1.55 bits per heavy atom. The predicted octanol–water partition coefficient (Wildman–Crippen LogP) is 2.86. The van der Waals surface area contributed by atoms with Crippen LogP contribution in [0.3, 0.4) is 0 Å². The van der Waals surface area contributed by atoms with Crippen molar-refractivity contribution in [1.82, 2.24) is 0 Å². The van der Waals surface area contributed by atoms with Crippen LogP contribution in [-0.4, -0.2) is 0 Å². The van der Waals surface area contributed by atoms with Crippen LogP contribution >= 0.6 is 15.9 Å². The van der Waals surface area contributed by atoms with Crippen LogP contribution in [-0.2, 0) is 24.8 Å². The van der Waals surface area contributed by atoms with Gasteiger partial charge in [-0.1, -0.05) is 15.9 Å². The molecule has 1 aromatic rings. The fourth-order valence-electron chi connectivity index (χ4n) is 0.688. The van der Waals surface area contributed by atoms with Crippen LogP contribution in [0, 0.1) is 11.6 Å². The second kappa shape index (κ2) is 4.94. The van der Waals surface area contributed by atoms with Gasteiger partial charge < -0.3 is 0 Å². The molecule has 0 bridgehead atoms. The van der Waals surface area contributed by atoms with Gasteiger partial charge in [0.2, 0.25) is 0 Å². The van der Waals surface area contributed by atoms with Crippen molar-refractivity contribution in [3.8, 4) is 0 Å². The van der Waals surface area contributed by atoms with Gasteiger partial charge in [0.1, 0.15) is 11.6 Å². The number of halogens is 3. The number of rotatable bonds is 1. The summed E-state index contributed by atoms with van der Waals surface area (Å²) in [6.45, 7) is 0. The largest absolute Gasteiger partial charge is 0.207 e. The van der Waals surface area contributed by atoms with Crippen LogP contribution in [0.1, 0.15) is 5.56 Å². The summed E-state index contributed by atoms with van der Waals surface area (Å²) in [4.78, 5) is 0. The van der Waals surface area contributed by atoms with Gasteiger partial charge in [-0.3, -0.25) is 0 Å². The Hall–Kier alpha value is 0.183. The third-order valence-electron chi connectivity index (χ3n) is 1.08. The van der Waals surface area contributed by atoms with Gasteiger partial charge in [-0.05, 0) is 17.7 Å². The summed E-state index contributed by atoms with van der Waals surface area (Å²) in [5, 5.41) is 0.474. The molecule has 0 aliphatic rings. The number of hydrogen-bond acceptors (Lipinski definition) is 0. The number of alkyl halides is 1. The van der Waals surface area contributed by atoms with Crippen LogP contribution in [0.15, 0.2) is 18.2 Å². The Bertz CT molecular complexity index is 220. The van der Waals surface area contributed by atoms with E-state index in [4.69, 9.17) is 0 Å². The maximum Gasteiger partial charge on any atom is 0.126 e. The summed E-state index contributed by atoms with van der Waals surface area (Å²) >= 11 is 3.09. The van der Waals surface area contributed by atoms with E-state index < -0.39 is 11.6 Å². The van der Waals surface area contributed by atoms with Crippen LogP contribution < -0.4 is 0 Å². The van der Waals surface area contributed by atoms with Crippen molar-refractivity contribution in [2.24, 2.45) is 0 Å². The van der Waals surface area contributed by atoms with Gasteiger partial charge >= 0.3 is 0 Å². The molecule has 0 aromatic heterocycles. The van der Waals surface area contributed by atoms with Crippen molar-refractivity contribution in [2.75, 3.05) is 0 Å². The maximum atomic E-state index is 12.4. The molecule has 0 spiro atoms. The molecule has 1 rings (SSSR count). The first-order chi connectivity index (χ1) is 4.72. The van der Waals surface area contributed by atoms with Crippen LogP contribution in [0.25, 0.3) is 0 Å². The molecule has 0 nitrogen and oxygen atoms in total. The van der Waals surface area contributed by atoms with Crippen LogP contribution in [0.5, 0.6) is 0 Å². The fraction of sp³-hybridized carbons (Fsp3) is 0.143. The summed E-state index contributed by atoms with van der Waals surface area (Å²) < 4.78 is 24.7. The zero-order chi connectivity index (χ0) is 7.56. The van der Waals surface area contributed by atoms with E-state index in [0.29, 0.717) is 10.9 Å². The summed E-state index contributed by atoms with van der Waals surface area (Å²) in [6.07, 6.45) is 0. The van der Waals surface area contributed by atoms with Gasteiger partial charge in [-0.15, -0.1) is 0 Å². The topological polar surface area (TPSA) is 0 Å². The quantitative estimate of drug-likeness (QED) is 0.545. The molecular weight excluding hydrogens is 267 g/mol. The van der Waals surface area contributed by atoms with Gasteiger partial charge in [0, 0.05) is 30.9 Å². The average molecular weight is 272 g/mol. The van der Waals surface area contributed by atoms with E-state index in [1.54, 1.807) is 0 Å². The molecule has 4 heteroatoms. The number of benzene rings is 1. The third-order valence-corrected chi connectivity index (χ3v) is 1.72. The predicted molar refractivity (Wildman–Crippen MR) is 39.0 cm³/mol. The molecule has 11 heavy (non-hydrogen) atoms. The second-order valence-corrected chi connectivity index (χ2v) is 2.47. The van der Waals surface area contributed by atoms with Crippen molar-refractivity contribution < 1.29 is 28.3 Å². The van der Waals surface area contributed by atoms with Gasteiger partial charge in [0.25, 0.3) is 0 Å². The number of hydrogen-bond donors (Lipinski definition) is 0. The summed E-state index contributed by atoms with van der Waals surface area (Å²) in [7, 11) is 0. The second-order valence-electron chi connectivity index (χ2n) is 1.91. The maximum absolute atomic E-state index is 12.4. The smallest absolute Gasteiger partial charge is 0.126 e. The molecular formula is C7H5BrF2Zn. The Kier molecular flexibility index (Phi) is 5.02. The zero-order valence-corrected chi connectivity index (χ0v) is 10.3. The van der Waals surface area contributed by atoms with Crippen molar-refractivity contribution in [3.05, 3.63) is 35.4 Å². The first-order valence-electron chi connectivity index (χ1n) is 2.73. The fourth-order valence-corrected chi connectivity index (χ4v) is 1.01. The SMILES string of the molecule is Fc1cc(F)cc(CBr)c1.[Zn]. The van der Waals surface area contributed by atoms with Crippen LogP contribution in [0.4, 0.5) is 8.78 Å². The Balaban J connectivity index is 0.000001000. The molecule has 0 fully saturated rings. The first-order valence-corrected chi connectivity index (χ1v) is 3.85.